The minimum atomic E-state index is -0.0954. The largest absolute Gasteiger partial charge is 0.361 e. The third-order valence-corrected chi connectivity index (χ3v) is 5.54. The van der Waals surface area contributed by atoms with Crippen molar-refractivity contribution in [3.8, 4) is 0 Å². The summed E-state index contributed by atoms with van der Waals surface area (Å²) in [5.74, 6) is 1.96. The lowest BCUT2D eigenvalue weighted by Crippen LogP contribution is -2.40. The number of thiazole rings is 1. The average Bonchev–Trinajstić information content (AvgIpc) is 3.27. The summed E-state index contributed by atoms with van der Waals surface area (Å²) >= 11 is 1.48. The van der Waals surface area contributed by atoms with Crippen LogP contribution in [0.3, 0.4) is 0 Å². The van der Waals surface area contributed by atoms with Gasteiger partial charge in [0.1, 0.15) is 5.82 Å². The van der Waals surface area contributed by atoms with Crippen LogP contribution in [0, 0.1) is 6.92 Å². The molecule has 4 rings (SSSR count). The molecule has 3 aromatic rings. The van der Waals surface area contributed by atoms with Crippen LogP contribution < -0.4 is 10.2 Å². The lowest BCUT2D eigenvalue weighted by molar-refractivity contribution is 0.193. The molecule has 2 amide bonds. The number of aryl methyl sites for hydroxylation is 1. The van der Waals surface area contributed by atoms with Gasteiger partial charge in [0.2, 0.25) is 0 Å². The van der Waals surface area contributed by atoms with E-state index in [4.69, 9.17) is 0 Å². The molecule has 0 radical (unpaired) electrons. The van der Waals surface area contributed by atoms with Crippen molar-refractivity contribution in [2.75, 3.05) is 37.4 Å². The van der Waals surface area contributed by atoms with E-state index in [0.717, 1.165) is 35.0 Å². The normalized spacial score (nSPS) is 15.3. The van der Waals surface area contributed by atoms with Gasteiger partial charge in [0.25, 0.3) is 0 Å². The molecule has 9 nitrogen and oxygen atoms in total. The highest BCUT2D eigenvalue weighted by molar-refractivity contribution is 7.15. The van der Waals surface area contributed by atoms with Crippen molar-refractivity contribution in [3.63, 3.8) is 0 Å². The molecule has 3 aromatic heterocycles. The molecular weight excluding hydrogens is 364 g/mol. The minimum absolute atomic E-state index is 0.0954. The number of nitrogens with zero attached hydrogens (tertiary/aromatic N) is 7. The van der Waals surface area contributed by atoms with Gasteiger partial charge in [-0.1, -0.05) is 0 Å². The molecule has 27 heavy (non-hydrogen) atoms. The maximum Gasteiger partial charge on any atom is 0.323 e. The Balaban J connectivity index is 1.44. The lowest BCUT2D eigenvalue weighted by Gasteiger charge is -2.30. The maximum atomic E-state index is 12.4. The number of rotatable bonds is 3. The van der Waals surface area contributed by atoms with Gasteiger partial charge in [-0.25, -0.2) is 9.78 Å². The predicted octanol–water partition coefficient (Wildman–Crippen LogP) is 2.37. The summed E-state index contributed by atoms with van der Waals surface area (Å²) < 4.78 is 1.83. The summed E-state index contributed by atoms with van der Waals surface area (Å²) in [5.41, 5.74) is 0.745. The number of fused-ring (bicyclic) bond motifs is 1. The van der Waals surface area contributed by atoms with Crippen molar-refractivity contribution >= 4 is 34.0 Å². The zero-order valence-electron chi connectivity index (χ0n) is 15.6. The zero-order chi connectivity index (χ0) is 19.0. The van der Waals surface area contributed by atoms with E-state index in [2.05, 4.69) is 25.6 Å². The quantitative estimate of drug-likeness (QED) is 0.743. The summed E-state index contributed by atoms with van der Waals surface area (Å²) in [6, 6.07) is 3.76. The molecule has 0 atom stereocenters. The monoisotopic (exact) mass is 386 g/mol. The van der Waals surface area contributed by atoms with Crippen molar-refractivity contribution in [2.24, 2.45) is 0 Å². The lowest BCUT2D eigenvalue weighted by atomic mass is 9.96. The predicted molar refractivity (Wildman–Crippen MR) is 105 cm³/mol. The number of piperidine rings is 1. The van der Waals surface area contributed by atoms with Gasteiger partial charge in [0.05, 0.1) is 0 Å². The van der Waals surface area contributed by atoms with E-state index < -0.39 is 0 Å². The Kier molecular flexibility index (Phi) is 4.65. The molecule has 1 N–H and O–H groups in total. The number of anilines is 2. The molecule has 1 aliphatic heterocycles. The van der Waals surface area contributed by atoms with Gasteiger partial charge in [-0.05, 0) is 31.9 Å². The first kappa shape index (κ1) is 17.7. The first-order chi connectivity index (χ1) is 13.0. The smallest absolute Gasteiger partial charge is 0.323 e. The number of amides is 2. The minimum Gasteiger partial charge on any atom is -0.361 e. The van der Waals surface area contributed by atoms with Crippen LogP contribution in [0.2, 0.25) is 0 Å². The first-order valence-electron chi connectivity index (χ1n) is 8.89. The Morgan fingerprint density at radius 1 is 1.26 bits per heavy atom. The van der Waals surface area contributed by atoms with Gasteiger partial charge in [-0.15, -0.1) is 26.6 Å². The summed E-state index contributed by atoms with van der Waals surface area (Å²) in [6.45, 7) is 3.31. The molecule has 10 heteroatoms. The fraction of sp³-hybridized carbons (Fsp3) is 0.471. The zero-order valence-corrected chi connectivity index (χ0v) is 16.4. The third-order valence-electron chi connectivity index (χ3n) is 4.71. The highest BCUT2D eigenvalue weighted by Gasteiger charge is 2.27. The van der Waals surface area contributed by atoms with E-state index in [1.165, 1.54) is 11.3 Å². The summed E-state index contributed by atoms with van der Waals surface area (Å²) in [4.78, 5) is 21.5. The number of carbonyl (C=O) groups excluding carboxylic acids is 1. The summed E-state index contributed by atoms with van der Waals surface area (Å²) in [5, 5.41) is 16.8. The topological polar surface area (TPSA) is 91.5 Å². The number of hydrogen-bond donors (Lipinski definition) is 1. The van der Waals surface area contributed by atoms with Gasteiger partial charge in [0, 0.05) is 44.2 Å². The van der Waals surface area contributed by atoms with Gasteiger partial charge < -0.3 is 9.80 Å². The van der Waals surface area contributed by atoms with Crippen molar-refractivity contribution in [1.29, 1.82) is 0 Å². The van der Waals surface area contributed by atoms with Crippen molar-refractivity contribution < 1.29 is 4.79 Å². The molecule has 1 aliphatic rings. The Hall–Kier alpha value is -2.75. The second-order valence-corrected chi connectivity index (χ2v) is 8.12. The summed E-state index contributed by atoms with van der Waals surface area (Å²) in [7, 11) is 3.92. The number of aromatic nitrogens is 5. The number of carbonyl (C=O) groups is 1. The number of nitrogens with one attached hydrogen (secondary N) is 1. The van der Waals surface area contributed by atoms with Crippen LogP contribution >= 0.6 is 11.3 Å². The van der Waals surface area contributed by atoms with Crippen LogP contribution in [0.5, 0.6) is 0 Å². The highest BCUT2D eigenvalue weighted by atomic mass is 32.1. The maximum absolute atomic E-state index is 12.4. The first-order valence-corrected chi connectivity index (χ1v) is 9.71. The van der Waals surface area contributed by atoms with Crippen LogP contribution in [-0.4, -0.2) is 62.9 Å². The van der Waals surface area contributed by atoms with E-state index in [9.17, 15) is 4.79 Å². The number of hydrogen-bond acceptors (Lipinski definition) is 7. The molecule has 1 fully saturated rings. The van der Waals surface area contributed by atoms with Gasteiger partial charge in [-0.2, -0.15) is 4.52 Å². The molecule has 0 saturated carbocycles. The van der Waals surface area contributed by atoms with Crippen molar-refractivity contribution in [3.05, 3.63) is 29.0 Å². The molecule has 0 spiro atoms. The third kappa shape index (κ3) is 3.57. The molecule has 1 saturated heterocycles. The Morgan fingerprint density at radius 3 is 2.70 bits per heavy atom. The van der Waals surface area contributed by atoms with Gasteiger partial charge >= 0.3 is 6.03 Å². The van der Waals surface area contributed by atoms with Crippen LogP contribution in [0.1, 0.15) is 29.5 Å². The van der Waals surface area contributed by atoms with E-state index in [1.807, 2.05) is 47.5 Å². The van der Waals surface area contributed by atoms with Gasteiger partial charge in [-0.3, -0.25) is 5.32 Å². The molecule has 0 aromatic carbocycles. The van der Waals surface area contributed by atoms with Crippen LogP contribution in [0.15, 0.2) is 18.3 Å². The van der Waals surface area contributed by atoms with E-state index in [0.29, 0.717) is 18.2 Å². The fourth-order valence-electron chi connectivity index (χ4n) is 3.21. The molecule has 142 valence electrons. The van der Waals surface area contributed by atoms with Crippen LogP contribution in [-0.2, 0) is 0 Å². The summed E-state index contributed by atoms with van der Waals surface area (Å²) in [6.07, 6.45) is 3.43. The Morgan fingerprint density at radius 2 is 2.04 bits per heavy atom. The van der Waals surface area contributed by atoms with E-state index in [-0.39, 0.29) is 11.9 Å². The Bertz CT molecular complexity index is 957. The van der Waals surface area contributed by atoms with Crippen molar-refractivity contribution in [2.45, 2.75) is 25.7 Å². The molecule has 0 aliphatic carbocycles. The molecule has 0 unspecified atom stereocenters. The Labute approximate surface area is 161 Å². The second-order valence-electron chi connectivity index (χ2n) is 6.88. The second kappa shape index (κ2) is 7.10. The van der Waals surface area contributed by atoms with E-state index >= 15 is 0 Å². The number of likely N-dealkylation sites (tertiary alicyclic amines) is 1. The molecule has 0 bridgehead atoms. The average molecular weight is 386 g/mol. The van der Waals surface area contributed by atoms with Crippen LogP contribution in [0.4, 0.5) is 15.7 Å². The molecular formula is C17H22N8OS. The van der Waals surface area contributed by atoms with E-state index in [1.54, 1.807) is 6.20 Å². The van der Waals surface area contributed by atoms with Crippen molar-refractivity contribution in [1.82, 2.24) is 29.7 Å². The number of urea groups is 1. The van der Waals surface area contributed by atoms with Gasteiger partial charge in [0.15, 0.2) is 16.6 Å². The SMILES string of the molecule is Cc1cnc(NC(=O)N2CCC(c3nnc4ccc(N(C)C)nn34)CC2)s1. The highest BCUT2D eigenvalue weighted by Crippen LogP contribution is 2.28. The standard InChI is InChI=1S/C17H22N8OS/c1-11-10-18-16(27-11)19-17(26)24-8-6-12(7-9-24)15-21-20-13-4-5-14(23(2)3)22-25(13)15/h4-5,10,12H,6-9H2,1-3H3,(H,18,19,26). The molecule has 4 heterocycles. The van der Waals surface area contributed by atoms with Crippen LogP contribution in [0.25, 0.3) is 5.65 Å². The fourth-order valence-corrected chi connectivity index (χ4v) is 3.87.